The van der Waals surface area contributed by atoms with Gasteiger partial charge in [0.1, 0.15) is 11.3 Å². The molecule has 3 rings (SSSR count). The number of imidazole rings is 1. The molecular formula is C16H20Cl2N2. The number of rotatable bonds is 4. The third-order valence-electron chi connectivity index (χ3n) is 4.77. The number of hydrogen-bond acceptors (Lipinski definition) is 1. The fraction of sp³-hybridized carbons (Fsp3) is 0.562. The molecule has 0 aliphatic heterocycles. The first-order valence-corrected chi connectivity index (χ1v) is 8.16. The van der Waals surface area contributed by atoms with Crippen LogP contribution in [0.4, 0.5) is 0 Å². The topological polar surface area (TPSA) is 17.8 Å². The predicted octanol–water partition coefficient (Wildman–Crippen LogP) is 5.57. The van der Waals surface area contributed by atoms with E-state index in [4.69, 9.17) is 23.2 Å². The summed E-state index contributed by atoms with van der Waals surface area (Å²) < 4.78 is 2.29. The molecule has 1 unspecified atom stereocenters. The fourth-order valence-corrected chi connectivity index (χ4v) is 3.61. The van der Waals surface area contributed by atoms with Crippen molar-refractivity contribution >= 4 is 34.2 Å². The number of aromatic nitrogens is 2. The summed E-state index contributed by atoms with van der Waals surface area (Å²) in [7, 11) is 0. The lowest BCUT2D eigenvalue weighted by Crippen LogP contribution is -2.34. The van der Waals surface area contributed by atoms with Gasteiger partial charge < -0.3 is 4.57 Å². The Balaban J connectivity index is 2.12. The number of para-hydroxylation sites is 1. The molecule has 1 aromatic carbocycles. The molecule has 1 aromatic heterocycles. The molecule has 2 aromatic rings. The first-order chi connectivity index (χ1) is 9.56. The van der Waals surface area contributed by atoms with E-state index in [0.717, 1.165) is 23.4 Å². The lowest BCUT2D eigenvalue weighted by molar-refractivity contribution is 0.101. The van der Waals surface area contributed by atoms with Crippen molar-refractivity contribution in [2.24, 2.45) is 5.41 Å². The predicted molar refractivity (Wildman–Crippen MR) is 85.6 cm³/mol. The summed E-state index contributed by atoms with van der Waals surface area (Å²) in [5.41, 5.74) is 2.41. The minimum absolute atomic E-state index is 0.104. The summed E-state index contributed by atoms with van der Waals surface area (Å²) in [6.07, 6.45) is 5.16. The molecule has 0 spiro atoms. The molecule has 0 amide bonds. The third-order valence-corrected chi connectivity index (χ3v) is 5.27. The van der Waals surface area contributed by atoms with E-state index in [9.17, 15) is 0 Å². The maximum atomic E-state index is 6.34. The monoisotopic (exact) mass is 310 g/mol. The van der Waals surface area contributed by atoms with Crippen LogP contribution in [-0.2, 0) is 6.54 Å². The van der Waals surface area contributed by atoms with Crippen LogP contribution in [0.3, 0.4) is 0 Å². The van der Waals surface area contributed by atoms with Gasteiger partial charge in [0, 0.05) is 6.54 Å². The fourth-order valence-electron chi connectivity index (χ4n) is 3.24. The average molecular weight is 311 g/mol. The Hall–Kier alpha value is -0.730. The van der Waals surface area contributed by atoms with E-state index in [2.05, 4.69) is 22.5 Å². The highest BCUT2D eigenvalue weighted by Gasteiger charge is 2.36. The lowest BCUT2D eigenvalue weighted by Gasteiger charge is -2.42. The third kappa shape index (κ3) is 2.23. The summed E-state index contributed by atoms with van der Waals surface area (Å²) in [6, 6.07) is 5.98. The SMILES string of the molecule is CCC1(Cn2c(C(C)Cl)nc3c(Cl)cccc32)CCC1. The quantitative estimate of drug-likeness (QED) is 0.675. The zero-order chi connectivity index (χ0) is 14.3. The second kappa shape index (κ2) is 5.23. The van der Waals surface area contributed by atoms with Crippen LogP contribution in [0.5, 0.6) is 0 Å². The van der Waals surface area contributed by atoms with Gasteiger partial charge in [-0.1, -0.05) is 31.0 Å². The van der Waals surface area contributed by atoms with Gasteiger partial charge in [-0.05, 0) is 43.7 Å². The molecule has 1 aliphatic carbocycles. The Kier molecular flexibility index (Phi) is 3.72. The van der Waals surface area contributed by atoms with Crippen molar-refractivity contribution in [1.29, 1.82) is 0 Å². The number of benzene rings is 1. The van der Waals surface area contributed by atoms with Crippen molar-refractivity contribution in [2.75, 3.05) is 0 Å². The average Bonchev–Trinajstić information content (AvgIpc) is 2.74. The van der Waals surface area contributed by atoms with Crippen molar-refractivity contribution < 1.29 is 0 Å². The second-order valence-electron chi connectivity index (χ2n) is 5.99. The van der Waals surface area contributed by atoms with Gasteiger partial charge in [-0.2, -0.15) is 0 Å². The Morgan fingerprint density at radius 3 is 2.70 bits per heavy atom. The molecule has 1 aliphatic rings. The summed E-state index contributed by atoms with van der Waals surface area (Å²) in [5, 5.41) is 0.603. The van der Waals surface area contributed by atoms with E-state index in [0.29, 0.717) is 10.4 Å². The van der Waals surface area contributed by atoms with Gasteiger partial charge in [-0.25, -0.2) is 4.98 Å². The molecule has 1 fully saturated rings. The first-order valence-electron chi connectivity index (χ1n) is 7.35. The zero-order valence-electron chi connectivity index (χ0n) is 12.0. The molecule has 0 N–H and O–H groups in total. The van der Waals surface area contributed by atoms with Crippen LogP contribution in [0, 0.1) is 5.41 Å². The number of halogens is 2. The molecular weight excluding hydrogens is 291 g/mol. The summed E-state index contributed by atoms with van der Waals surface area (Å²) in [4.78, 5) is 4.69. The summed E-state index contributed by atoms with van der Waals surface area (Å²) in [5.74, 6) is 0.939. The molecule has 108 valence electrons. The molecule has 1 heterocycles. The van der Waals surface area contributed by atoms with Gasteiger partial charge >= 0.3 is 0 Å². The van der Waals surface area contributed by atoms with Crippen LogP contribution in [-0.4, -0.2) is 9.55 Å². The van der Waals surface area contributed by atoms with Crippen LogP contribution in [0.25, 0.3) is 11.0 Å². The summed E-state index contributed by atoms with van der Waals surface area (Å²) in [6.45, 7) is 5.27. The molecule has 2 nitrogen and oxygen atoms in total. The van der Waals surface area contributed by atoms with E-state index in [1.54, 1.807) is 0 Å². The minimum Gasteiger partial charge on any atom is -0.326 e. The minimum atomic E-state index is -0.104. The number of nitrogens with zero attached hydrogens (tertiary/aromatic N) is 2. The number of hydrogen-bond donors (Lipinski definition) is 0. The molecule has 4 heteroatoms. The van der Waals surface area contributed by atoms with Crippen LogP contribution in [0.2, 0.25) is 5.02 Å². The van der Waals surface area contributed by atoms with Gasteiger partial charge in [0.05, 0.1) is 15.9 Å². The van der Waals surface area contributed by atoms with E-state index in [-0.39, 0.29) is 5.38 Å². The Morgan fingerprint density at radius 2 is 2.15 bits per heavy atom. The van der Waals surface area contributed by atoms with Gasteiger partial charge in [0.2, 0.25) is 0 Å². The van der Waals surface area contributed by atoms with E-state index >= 15 is 0 Å². The molecule has 0 saturated heterocycles. The Morgan fingerprint density at radius 1 is 1.40 bits per heavy atom. The van der Waals surface area contributed by atoms with Gasteiger partial charge in [0.25, 0.3) is 0 Å². The highest BCUT2D eigenvalue weighted by Crippen LogP contribution is 2.46. The van der Waals surface area contributed by atoms with Crippen LogP contribution < -0.4 is 0 Å². The van der Waals surface area contributed by atoms with Crippen LogP contribution in [0.1, 0.15) is 50.7 Å². The van der Waals surface area contributed by atoms with Crippen molar-refractivity contribution in [2.45, 2.75) is 51.5 Å². The van der Waals surface area contributed by atoms with E-state index < -0.39 is 0 Å². The molecule has 0 radical (unpaired) electrons. The van der Waals surface area contributed by atoms with Gasteiger partial charge in [-0.3, -0.25) is 0 Å². The standard InChI is InChI=1S/C16H20Cl2N2/c1-3-16(8-5-9-16)10-20-13-7-4-6-12(18)14(13)19-15(20)11(2)17/h4,6-7,11H,3,5,8-10H2,1-2H3. The number of fused-ring (bicyclic) bond motifs is 1. The second-order valence-corrected chi connectivity index (χ2v) is 7.05. The van der Waals surface area contributed by atoms with Crippen LogP contribution >= 0.6 is 23.2 Å². The lowest BCUT2D eigenvalue weighted by atomic mass is 9.67. The largest absolute Gasteiger partial charge is 0.326 e. The van der Waals surface area contributed by atoms with Crippen molar-refractivity contribution in [1.82, 2.24) is 9.55 Å². The Labute approximate surface area is 130 Å². The summed E-state index contributed by atoms with van der Waals surface area (Å²) >= 11 is 12.6. The maximum absolute atomic E-state index is 6.34. The van der Waals surface area contributed by atoms with Crippen molar-refractivity contribution in [3.63, 3.8) is 0 Å². The maximum Gasteiger partial charge on any atom is 0.127 e. The zero-order valence-corrected chi connectivity index (χ0v) is 13.5. The van der Waals surface area contributed by atoms with Crippen molar-refractivity contribution in [3.05, 3.63) is 29.0 Å². The smallest absolute Gasteiger partial charge is 0.127 e. The Bertz CT molecular complexity index is 621. The normalized spacial score (nSPS) is 19.0. The van der Waals surface area contributed by atoms with E-state index in [1.807, 2.05) is 19.1 Å². The van der Waals surface area contributed by atoms with Gasteiger partial charge in [-0.15, -0.1) is 11.6 Å². The molecule has 1 atom stereocenters. The molecule has 1 saturated carbocycles. The first kappa shape index (κ1) is 14.2. The highest BCUT2D eigenvalue weighted by molar-refractivity contribution is 6.35. The molecule has 0 bridgehead atoms. The van der Waals surface area contributed by atoms with Gasteiger partial charge in [0.15, 0.2) is 0 Å². The molecule has 20 heavy (non-hydrogen) atoms. The van der Waals surface area contributed by atoms with Crippen LogP contribution in [0.15, 0.2) is 18.2 Å². The highest BCUT2D eigenvalue weighted by atomic mass is 35.5. The van der Waals surface area contributed by atoms with E-state index in [1.165, 1.54) is 25.7 Å². The van der Waals surface area contributed by atoms with Crippen molar-refractivity contribution in [3.8, 4) is 0 Å². The number of alkyl halides is 1.